The van der Waals surface area contributed by atoms with Crippen LogP contribution in [-0.2, 0) is 6.42 Å². The molecular weight excluding hydrogens is 164 g/mol. The van der Waals surface area contributed by atoms with Gasteiger partial charge in [-0.3, -0.25) is 5.10 Å². The maximum Gasteiger partial charge on any atom is 0.153 e. The second-order valence-corrected chi connectivity index (χ2v) is 3.29. The Hall–Kier alpha value is -1.32. The number of aromatic amines is 1. The Kier molecular flexibility index (Phi) is 3.06. The molecule has 0 radical (unpaired) electrons. The summed E-state index contributed by atoms with van der Waals surface area (Å²) in [5.41, 5.74) is 6.83. The Bertz CT molecular complexity index is 298. The number of nitrogens with one attached hydrogen (secondary N) is 1. The van der Waals surface area contributed by atoms with Gasteiger partial charge < -0.3 is 5.73 Å². The van der Waals surface area contributed by atoms with E-state index in [1.807, 2.05) is 13.8 Å². The summed E-state index contributed by atoms with van der Waals surface area (Å²) >= 11 is 0. The first-order valence-corrected chi connectivity index (χ1v) is 4.51. The van der Waals surface area contributed by atoms with Crippen molar-refractivity contribution in [3.8, 4) is 0 Å². The first kappa shape index (κ1) is 9.77. The van der Waals surface area contributed by atoms with Crippen molar-refractivity contribution in [3.63, 3.8) is 0 Å². The predicted octanol–water partition coefficient (Wildman–Crippen LogP) is 1.62. The van der Waals surface area contributed by atoms with Gasteiger partial charge in [0.1, 0.15) is 5.84 Å². The normalized spacial score (nSPS) is 12.5. The van der Waals surface area contributed by atoms with Crippen molar-refractivity contribution >= 4 is 11.7 Å². The molecule has 1 aromatic rings. The Morgan fingerprint density at radius 2 is 2.38 bits per heavy atom. The maximum atomic E-state index is 5.73. The largest absolute Gasteiger partial charge is 0.387 e. The van der Waals surface area contributed by atoms with Crippen LogP contribution in [0.1, 0.15) is 26.3 Å². The van der Waals surface area contributed by atoms with Crippen molar-refractivity contribution in [2.75, 3.05) is 0 Å². The molecule has 1 heterocycles. The number of nitrogens with two attached hydrogens (primary N) is 1. The molecule has 0 saturated heterocycles. The number of aryl methyl sites for hydroxylation is 1. The van der Waals surface area contributed by atoms with Gasteiger partial charge in [0, 0.05) is 11.5 Å². The average molecular weight is 180 g/mol. The number of hydrogen-bond donors (Lipinski definition) is 2. The summed E-state index contributed by atoms with van der Waals surface area (Å²) in [5, 5.41) is 6.74. The molecule has 4 heteroatoms. The highest BCUT2D eigenvalue weighted by Crippen LogP contribution is 2.15. The summed E-state index contributed by atoms with van der Waals surface area (Å²) in [6.45, 7) is 6.09. The van der Waals surface area contributed by atoms with Crippen molar-refractivity contribution in [1.82, 2.24) is 10.2 Å². The van der Waals surface area contributed by atoms with Crippen LogP contribution in [0.25, 0.3) is 0 Å². The van der Waals surface area contributed by atoms with E-state index < -0.39 is 0 Å². The van der Waals surface area contributed by atoms with E-state index >= 15 is 0 Å². The molecule has 0 saturated carbocycles. The molecule has 0 aromatic carbocycles. The van der Waals surface area contributed by atoms with Crippen molar-refractivity contribution in [2.24, 2.45) is 16.6 Å². The highest BCUT2D eigenvalue weighted by molar-refractivity contribution is 5.84. The van der Waals surface area contributed by atoms with Gasteiger partial charge in [-0.2, -0.15) is 5.10 Å². The average Bonchev–Trinajstić information content (AvgIpc) is 2.51. The number of hydrogen-bond acceptors (Lipinski definition) is 2. The van der Waals surface area contributed by atoms with E-state index in [9.17, 15) is 0 Å². The maximum absolute atomic E-state index is 5.73. The predicted molar refractivity (Wildman–Crippen MR) is 54.1 cm³/mol. The molecule has 0 aliphatic rings. The third kappa shape index (κ3) is 2.31. The molecule has 13 heavy (non-hydrogen) atoms. The second kappa shape index (κ2) is 4.07. The van der Waals surface area contributed by atoms with Gasteiger partial charge in [0.15, 0.2) is 5.82 Å². The van der Waals surface area contributed by atoms with E-state index in [-0.39, 0.29) is 5.92 Å². The summed E-state index contributed by atoms with van der Waals surface area (Å²) in [5.74, 6) is 1.70. The van der Waals surface area contributed by atoms with Crippen molar-refractivity contribution in [1.29, 1.82) is 0 Å². The SMILES string of the molecule is CCc1cn[nH]c1/N=C(\N)C(C)C. The third-order valence-corrected chi connectivity index (χ3v) is 1.91. The lowest BCUT2D eigenvalue weighted by atomic mass is 10.2. The fourth-order valence-electron chi connectivity index (χ4n) is 0.918. The van der Waals surface area contributed by atoms with Gasteiger partial charge in [0.2, 0.25) is 0 Å². The molecule has 0 bridgehead atoms. The van der Waals surface area contributed by atoms with Gasteiger partial charge in [-0.1, -0.05) is 20.8 Å². The molecule has 0 aliphatic heterocycles. The highest BCUT2D eigenvalue weighted by atomic mass is 15.2. The summed E-state index contributed by atoms with van der Waals surface area (Å²) in [6, 6.07) is 0. The fourth-order valence-corrected chi connectivity index (χ4v) is 0.918. The van der Waals surface area contributed by atoms with Crippen LogP contribution >= 0.6 is 0 Å². The van der Waals surface area contributed by atoms with Crippen LogP contribution in [0.15, 0.2) is 11.2 Å². The summed E-state index contributed by atoms with van der Waals surface area (Å²) < 4.78 is 0. The molecule has 1 aromatic heterocycles. The van der Waals surface area contributed by atoms with E-state index in [2.05, 4.69) is 22.1 Å². The molecular formula is C9H16N4. The molecule has 0 spiro atoms. The molecule has 0 amide bonds. The Labute approximate surface area is 78.3 Å². The van der Waals surface area contributed by atoms with E-state index in [0.29, 0.717) is 5.84 Å². The minimum Gasteiger partial charge on any atom is -0.387 e. The lowest BCUT2D eigenvalue weighted by molar-refractivity contribution is 0.870. The van der Waals surface area contributed by atoms with E-state index in [1.54, 1.807) is 6.20 Å². The van der Waals surface area contributed by atoms with Gasteiger partial charge in [0.25, 0.3) is 0 Å². The monoisotopic (exact) mass is 180 g/mol. The van der Waals surface area contributed by atoms with Gasteiger partial charge >= 0.3 is 0 Å². The van der Waals surface area contributed by atoms with Gasteiger partial charge in [-0.05, 0) is 6.42 Å². The second-order valence-electron chi connectivity index (χ2n) is 3.29. The third-order valence-electron chi connectivity index (χ3n) is 1.91. The Balaban J connectivity index is 2.89. The van der Waals surface area contributed by atoms with E-state index in [4.69, 9.17) is 5.73 Å². The molecule has 0 aliphatic carbocycles. The zero-order valence-corrected chi connectivity index (χ0v) is 8.33. The van der Waals surface area contributed by atoms with Crippen LogP contribution < -0.4 is 5.73 Å². The van der Waals surface area contributed by atoms with Gasteiger partial charge in [-0.25, -0.2) is 4.99 Å². The smallest absolute Gasteiger partial charge is 0.153 e. The standard InChI is InChI=1S/C9H16N4/c1-4-7-5-11-13-9(7)12-8(10)6(2)3/h5-6H,4H2,1-3H3,(H3,10,11,12,13). The number of aliphatic imine (C=N–C) groups is 1. The number of amidine groups is 1. The first-order chi connectivity index (χ1) is 6.15. The molecule has 1 rings (SSSR count). The zero-order chi connectivity index (χ0) is 9.84. The minimum atomic E-state index is 0.271. The van der Waals surface area contributed by atoms with Crippen LogP contribution in [0.5, 0.6) is 0 Å². The van der Waals surface area contributed by atoms with Crippen molar-refractivity contribution < 1.29 is 0 Å². The first-order valence-electron chi connectivity index (χ1n) is 4.51. The topological polar surface area (TPSA) is 67.1 Å². The van der Waals surface area contributed by atoms with Gasteiger partial charge in [0.05, 0.1) is 6.20 Å². The van der Waals surface area contributed by atoms with Crippen LogP contribution in [-0.4, -0.2) is 16.0 Å². The number of rotatable bonds is 3. The summed E-state index contributed by atoms with van der Waals surface area (Å²) in [7, 11) is 0. The Morgan fingerprint density at radius 1 is 1.69 bits per heavy atom. The molecule has 3 N–H and O–H groups in total. The van der Waals surface area contributed by atoms with E-state index in [1.165, 1.54) is 0 Å². The van der Waals surface area contributed by atoms with Crippen LogP contribution in [0.2, 0.25) is 0 Å². The lowest BCUT2D eigenvalue weighted by Gasteiger charge is -2.02. The number of aromatic nitrogens is 2. The zero-order valence-electron chi connectivity index (χ0n) is 8.33. The van der Waals surface area contributed by atoms with Crippen molar-refractivity contribution in [3.05, 3.63) is 11.8 Å². The van der Waals surface area contributed by atoms with E-state index in [0.717, 1.165) is 17.8 Å². The molecule has 0 fully saturated rings. The van der Waals surface area contributed by atoms with Crippen LogP contribution in [0.3, 0.4) is 0 Å². The number of H-pyrrole nitrogens is 1. The molecule has 4 nitrogen and oxygen atoms in total. The summed E-state index contributed by atoms with van der Waals surface area (Å²) in [6.07, 6.45) is 2.70. The fraction of sp³-hybridized carbons (Fsp3) is 0.556. The van der Waals surface area contributed by atoms with Crippen LogP contribution in [0, 0.1) is 5.92 Å². The quantitative estimate of drug-likeness (QED) is 0.548. The highest BCUT2D eigenvalue weighted by Gasteiger charge is 2.04. The lowest BCUT2D eigenvalue weighted by Crippen LogP contribution is -2.18. The molecule has 72 valence electrons. The van der Waals surface area contributed by atoms with Crippen molar-refractivity contribution in [2.45, 2.75) is 27.2 Å². The van der Waals surface area contributed by atoms with Gasteiger partial charge in [-0.15, -0.1) is 0 Å². The number of nitrogens with zero attached hydrogens (tertiary/aromatic N) is 2. The molecule has 0 unspecified atom stereocenters. The van der Waals surface area contributed by atoms with Crippen LogP contribution in [0.4, 0.5) is 5.82 Å². The summed E-state index contributed by atoms with van der Waals surface area (Å²) in [4.78, 5) is 4.27. The Morgan fingerprint density at radius 3 is 2.92 bits per heavy atom. The minimum absolute atomic E-state index is 0.271. The molecule has 0 atom stereocenters.